The van der Waals surface area contributed by atoms with E-state index in [1.165, 1.54) is 11.0 Å². The zero-order valence-corrected chi connectivity index (χ0v) is 21.3. The van der Waals surface area contributed by atoms with Crippen molar-refractivity contribution in [1.82, 2.24) is 26.3 Å². The van der Waals surface area contributed by atoms with Gasteiger partial charge in [0.15, 0.2) is 11.3 Å². The van der Waals surface area contributed by atoms with Gasteiger partial charge in [0.25, 0.3) is 5.91 Å². The molecule has 0 aromatic heterocycles. The minimum Gasteiger partial charge on any atom is -0.507 e. The lowest BCUT2D eigenvalue weighted by Gasteiger charge is -2.29. The van der Waals surface area contributed by atoms with Gasteiger partial charge in [0.05, 0.1) is 5.56 Å². The number of phenolic OH excluding ortho intramolecular Hbond substituents is 1. The van der Waals surface area contributed by atoms with Crippen molar-refractivity contribution in [2.75, 3.05) is 19.6 Å². The molecule has 1 aliphatic heterocycles. The van der Waals surface area contributed by atoms with Crippen molar-refractivity contribution in [3.63, 3.8) is 0 Å². The van der Waals surface area contributed by atoms with Gasteiger partial charge >= 0.3 is 0 Å². The molecule has 2 aromatic carbocycles. The largest absolute Gasteiger partial charge is 0.507 e. The molecule has 3 unspecified atom stereocenters. The Labute approximate surface area is 220 Å². The molecular weight excluding hydrogens is 494 g/mol. The van der Waals surface area contributed by atoms with Gasteiger partial charge in [-0.15, -0.1) is 5.43 Å². The number of carbonyl (C=O) groups excluding carboxylic acids is 3. The topological polar surface area (TPSA) is 192 Å². The van der Waals surface area contributed by atoms with E-state index in [0.29, 0.717) is 32.4 Å². The predicted octanol–water partition coefficient (Wildman–Crippen LogP) is 0.554. The molecule has 3 atom stereocenters. The van der Waals surface area contributed by atoms with E-state index in [0.717, 1.165) is 17.2 Å². The molecule has 2 aromatic rings. The van der Waals surface area contributed by atoms with Gasteiger partial charge in [0, 0.05) is 13.1 Å². The Kier molecular flexibility index (Phi) is 10.2. The van der Waals surface area contributed by atoms with E-state index in [9.17, 15) is 29.6 Å². The number of hydrogen-bond acceptors (Lipinski definition) is 8. The molecule has 1 fully saturated rings. The van der Waals surface area contributed by atoms with Gasteiger partial charge in [-0.1, -0.05) is 31.2 Å². The number of hydrazine groups is 1. The molecule has 0 saturated carbocycles. The highest BCUT2D eigenvalue weighted by Crippen LogP contribution is 2.26. The Morgan fingerprint density at radius 2 is 1.92 bits per heavy atom. The number of amides is 3. The second-order valence-corrected chi connectivity index (χ2v) is 9.18. The minimum atomic E-state index is -1.09. The number of phenols is 1. The van der Waals surface area contributed by atoms with E-state index < -0.39 is 35.2 Å². The highest BCUT2D eigenvalue weighted by atomic mass is 16.7. The van der Waals surface area contributed by atoms with Crippen molar-refractivity contribution in [2.24, 2.45) is 5.73 Å². The number of fused-ring (bicyclic) bond motifs is 1. The first kappa shape index (κ1) is 28.6. The molecule has 1 saturated heterocycles. The fourth-order valence-corrected chi connectivity index (χ4v) is 4.50. The summed E-state index contributed by atoms with van der Waals surface area (Å²) in [4.78, 5) is 51.5. The number of nitrogens with zero attached hydrogens (tertiary/aromatic N) is 2. The molecule has 0 radical (unpaired) electrons. The molecule has 206 valence electrons. The first-order valence-corrected chi connectivity index (χ1v) is 12.7. The zero-order valence-electron chi connectivity index (χ0n) is 21.3. The van der Waals surface area contributed by atoms with Crippen LogP contribution in [0.2, 0.25) is 0 Å². The molecular formula is C25H35N7O6. The number of nitrogens with two attached hydrogens (primary N) is 1. The number of likely N-dealkylation sites (tertiary alicyclic amines) is 1. The monoisotopic (exact) mass is 529 g/mol. The van der Waals surface area contributed by atoms with Crippen molar-refractivity contribution >= 4 is 28.5 Å². The number of nitrogens with one attached hydrogen (secondary N) is 4. The third-order valence-electron chi connectivity index (χ3n) is 6.38. The quantitative estimate of drug-likeness (QED) is 0.0930. The minimum absolute atomic E-state index is 0.0236. The van der Waals surface area contributed by atoms with Crippen LogP contribution in [0.1, 0.15) is 49.4 Å². The fourth-order valence-electron chi connectivity index (χ4n) is 4.50. The summed E-state index contributed by atoms with van der Waals surface area (Å²) in [6.07, 6.45) is 1.38. The van der Waals surface area contributed by atoms with Gasteiger partial charge in [0.2, 0.25) is 11.8 Å². The Morgan fingerprint density at radius 3 is 2.61 bits per heavy atom. The molecule has 0 spiro atoms. The first-order chi connectivity index (χ1) is 18.2. The molecule has 13 nitrogen and oxygen atoms in total. The number of nitro groups is 1. The lowest BCUT2D eigenvalue weighted by Crippen LogP contribution is -2.54. The summed E-state index contributed by atoms with van der Waals surface area (Å²) in [5, 5.41) is 30.1. The van der Waals surface area contributed by atoms with Crippen LogP contribution in [-0.2, 0) is 9.59 Å². The Bertz CT molecular complexity index is 1160. The van der Waals surface area contributed by atoms with Crippen LogP contribution >= 0.6 is 0 Å². The summed E-state index contributed by atoms with van der Waals surface area (Å²) in [6, 6.07) is 8.69. The lowest BCUT2D eigenvalue weighted by atomic mass is 10.0. The summed E-state index contributed by atoms with van der Waals surface area (Å²) < 4.78 is 0. The van der Waals surface area contributed by atoms with Crippen LogP contribution in [0.5, 0.6) is 5.75 Å². The average molecular weight is 530 g/mol. The third-order valence-corrected chi connectivity index (χ3v) is 6.38. The molecule has 38 heavy (non-hydrogen) atoms. The normalized spacial score (nSPS) is 16.6. The van der Waals surface area contributed by atoms with Gasteiger partial charge in [-0.25, -0.2) is 10.1 Å². The van der Waals surface area contributed by atoms with Crippen LogP contribution in [0, 0.1) is 10.1 Å². The van der Waals surface area contributed by atoms with Crippen LogP contribution in [0.3, 0.4) is 0 Å². The number of aromatic hydroxyl groups is 1. The van der Waals surface area contributed by atoms with Crippen molar-refractivity contribution in [2.45, 2.75) is 57.4 Å². The highest BCUT2D eigenvalue weighted by molar-refractivity contribution is 6.03. The standard InChI is InChI=1S/C25H35N7O6/c1-2-11-27-23(35)20-10-6-13-31(20)24(36)19(9-5-12-28-25(26)30-32(37)38)29-22(34)18-14-16-7-3-4-8-17(16)15-21(18)33/h3-4,7-8,14-15,19-20,25,28,30,33H,2,5-6,9-13,26H2,1H3,(H,27,35)(H,29,34). The van der Waals surface area contributed by atoms with Crippen LogP contribution in [0.15, 0.2) is 36.4 Å². The van der Waals surface area contributed by atoms with Gasteiger partial charge < -0.3 is 20.6 Å². The second-order valence-electron chi connectivity index (χ2n) is 9.18. The van der Waals surface area contributed by atoms with Crippen LogP contribution in [0.4, 0.5) is 0 Å². The van der Waals surface area contributed by atoms with Crippen molar-refractivity contribution < 1.29 is 24.5 Å². The molecule has 0 bridgehead atoms. The van der Waals surface area contributed by atoms with Gasteiger partial charge in [0.1, 0.15) is 17.8 Å². The maximum absolute atomic E-state index is 13.6. The van der Waals surface area contributed by atoms with E-state index in [2.05, 4.69) is 16.0 Å². The molecule has 7 N–H and O–H groups in total. The molecule has 3 rings (SSSR count). The number of rotatable bonds is 13. The van der Waals surface area contributed by atoms with Crippen LogP contribution in [-0.4, -0.2) is 70.8 Å². The maximum atomic E-state index is 13.6. The van der Waals surface area contributed by atoms with Crippen molar-refractivity contribution in [3.8, 4) is 5.75 Å². The van der Waals surface area contributed by atoms with E-state index in [1.54, 1.807) is 6.07 Å². The summed E-state index contributed by atoms with van der Waals surface area (Å²) in [6.45, 7) is 3.05. The maximum Gasteiger partial charge on any atom is 0.255 e. The van der Waals surface area contributed by atoms with Crippen molar-refractivity contribution in [1.29, 1.82) is 0 Å². The highest BCUT2D eigenvalue weighted by Gasteiger charge is 2.37. The number of hydrogen-bond donors (Lipinski definition) is 6. The van der Waals surface area contributed by atoms with Crippen LogP contribution in [0.25, 0.3) is 10.8 Å². The molecule has 1 heterocycles. The molecule has 3 amide bonds. The van der Waals surface area contributed by atoms with Crippen LogP contribution < -0.4 is 27.1 Å². The molecule has 13 heteroatoms. The number of benzene rings is 2. The average Bonchev–Trinajstić information content (AvgIpc) is 3.37. The van der Waals surface area contributed by atoms with Crippen molar-refractivity contribution in [3.05, 3.63) is 52.1 Å². The Hall–Kier alpha value is -3.97. The number of carbonyl (C=O) groups is 3. The third kappa shape index (κ3) is 7.52. The van der Waals surface area contributed by atoms with Gasteiger partial charge in [-0.3, -0.25) is 25.4 Å². The van der Waals surface area contributed by atoms with E-state index in [-0.39, 0.29) is 30.2 Å². The van der Waals surface area contributed by atoms with E-state index in [1.807, 2.05) is 36.6 Å². The van der Waals surface area contributed by atoms with E-state index >= 15 is 0 Å². The zero-order chi connectivity index (χ0) is 27.7. The summed E-state index contributed by atoms with van der Waals surface area (Å²) >= 11 is 0. The second kappa shape index (κ2) is 13.5. The van der Waals surface area contributed by atoms with Gasteiger partial charge in [-0.05, 0) is 61.6 Å². The molecule has 0 aliphatic carbocycles. The Morgan fingerprint density at radius 1 is 1.21 bits per heavy atom. The predicted molar refractivity (Wildman–Crippen MR) is 140 cm³/mol. The smallest absolute Gasteiger partial charge is 0.255 e. The van der Waals surface area contributed by atoms with Gasteiger partial charge in [-0.2, -0.15) is 0 Å². The molecule has 1 aliphatic rings. The fraction of sp³-hybridized carbons (Fsp3) is 0.480. The van der Waals surface area contributed by atoms with E-state index in [4.69, 9.17) is 5.73 Å². The summed E-state index contributed by atoms with van der Waals surface area (Å²) in [7, 11) is 0. The lowest BCUT2D eigenvalue weighted by molar-refractivity contribution is -0.552. The summed E-state index contributed by atoms with van der Waals surface area (Å²) in [5.41, 5.74) is 7.48. The Balaban J connectivity index is 1.75. The SMILES string of the molecule is CCCNC(=O)C1CCCN1C(=O)C(CCCNC(N)N[N+](=O)[O-])NC(=O)c1cc2ccccc2cc1O. The summed E-state index contributed by atoms with van der Waals surface area (Å²) in [5.74, 6) is -1.48. The first-order valence-electron chi connectivity index (χ1n) is 12.7.